The van der Waals surface area contributed by atoms with Crippen molar-refractivity contribution in [2.24, 2.45) is 11.8 Å². The molecule has 3 aliphatic heterocycles. The van der Waals surface area contributed by atoms with E-state index in [1.54, 1.807) is 0 Å². The summed E-state index contributed by atoms with van der Waals surface area (Å²) >= 11 is 0. The Kier molecular flexibility index (Phi) is 3.44. The van der Waals surface area contributed by atoms with Crippen LogP contribution in [0.4, 0.5) is 0 Å². The predicted octanol–water partition coefficient (Wildman–Crippen LogP) is 3.33. The molecule has 3 fully saturated rings. The lowest BCUT2D eigenvalue weighted by Gasteiger charge is -2.44. The predicted molar refractivity (Wildman–Crippen MR) is 77.5 cm³/mol. The minimum Gasteiger partial charge on any atom is -0.303 e. The monoisotopic (exact) mass is 257 g/mol. The van der Waals surface area contributed by atoms with Crippen molar-refractivity contribution in [3.8, 4) is 0 Å². The number of ketones is 1. The Hall–Kier alpha value is -1.15. The molecule has 0 saturated carbocycles. The molecule has 4 rings (SSSR count). The minimum atomic E-state index is 0.243. The number of nitrogens with zero attached hydrogens (tertiary/aromatic N) is 1. The third-order valence-electron chi connectivity index (χ3n) is 4.85. The standard InChI is InChI=1S/C17H23NO/c1-12(2)13-3-5-15(6-4-13)17(19)16-11-18-9-7-14(16)8-10-18/h3-6,12,14,16H,7-11H2,1-2H3. The van der Waals surface area contributed by atoms with Gasteiger partial charge in [-0.05, 0) is 43.3 Å². The summed E-state index contributed by atoms with van der Waals surface area (Å²) in [5.74, 6) is 1.76. The second-order valence-corrected chi connectivity index (χ2v) is 6.39. The van der Waals surface area contributed by atoms with Gasteiger partial charge >= 0.3 is 0 Å². The van der Waals surface area contributed by atoms with Crippen molar-refractivity contribution in [2.45, 2.75) is 32.6 Å². The van der Waals surface area contributed by atoms with Crippen LogP contribution in [0, 0.1) is 11.8 Å². The number of hydrogen-bond donors (Lipinski definition) is 0. The molecule has 3 aliphatic rings. The van der Waals surface area contributed by atoms with Crippen molar-refractivity contribution in [2.75, 3.05) is 19.6 Å². The van der Waals surface area contributed by atoms with Crippen molar-refractivity contribution < 1.29 is 4.79 Å². The van der Waals surface area contributed by atoms with E-state index < -0.39 is 0 Å². The maximum absolute atomic E-state index is 12.6. The summed E-state index contributed by atoms with van der Waals surface area (Å²) in [7, 11) is 0. The maximum Gasteiger partial charge on any atom is 0.167 e. The molecule has 102 valence electrons. The Balaban J connectivity index is 1.76. The Morgan fingerprint density at radius 2 is 1.79 bits per heavy atom. The van der Waals surface area contributed by atoms with Crippen LogP contribution in [-0.2, 0) is 0 Å². The van der Waals surface area contributed by atoms with Crippen LogP contribution in [0.3, 0.4) is 0 Å². The number of carbonyl (C=O) groups excluding carboxylic acids is 1. The summed E-state index contributed by atoms with van der Waals surface area (Å²) in [4.78, 5) is 15.1. The first-order valence-corrected chi connectivity index (χ1v) is 7.51. The summed E-state index contributed by atoms with van der Waals surface area (Å²) < 4.78 is 0. The molecule has 0 amide bonds. The van der Waals surface area contributed by atoms with Crippen LogP contribution in [0.5, 0.6) is 0 Å². The molecule has 1 aromatic carbocycles. The first-order chi connectivity index (χ1) is 9.15. The summed E-state index contributed by atoms with van der Waals surface area (Å²) in [6, 6.07) is 8.27. The Morgan fingerprint density at radius 3 is 2.26 bits per heavy atom. The number of benzene rings is 1. The van der Waals surface area contributed by atoms with Crippen LogP contribution in [0.25, 0.3) is 0 Å². The molecule has 0 N–H and O–H groups in total. The average molecular weight is 257 g/mol. The summed E-state index contributed by atoms with van der Waals surface area (Å²) in [6.07, 6.45) is 2.42. The first kappa shape index (κ1) is 12.9. The second-order valence-electron chi connectivity index (χ2n) is 6.39. The third kappa shape index (κ3) is 2.46. The highest BCUT2D eigenvalue weighted by atomic mass is 16.1. The smallest absolute Gasteiger partial charge is 0.167 e. The molecule has 19 heavy (non-hydrogen) atoms. The topological polar surface area (TPSA) is 20.3 Å². The molecule has 1 aromatic rings. The molecule has 1 atom stereocenters. The van der Waals surface area contributed by atoms with Gasteiger partial charge in [-0.3, -0.25) is 4.79 Å². The lowest BCUT2D eigenvalue weighted by atomic mass is 9.75. The van der Waals surface area contributed by atoms with Crippen LogP contribution in [0.1, 0.15) is 48.5 Å². The number of carbonyl (C=O) groups is 1. The highest BCUT2D eigenvalue weighted by Crippen LogP contribution is 2.34. The lowest BCUT2D eigenvalue weighted by molar-refractivity contribution is 0.0419. The molecule has 3 saturated heterocycles. The van der Waals surface area contributed by atoms with Gasteiger partial charge in [-0.1, -0.05) is 38.1 Å². The molecule has 2 nitrogen and oxygen atoms in total. The van der Waals surface area contributed by atoms with Crippen LogP contribution in [0.2, 0.25) is 0 Å². The van der Waals surface area contributed by atoms with Crippen molar-refractivity contribution in [1.82, 2.24) is 4.90 Å². The van der Waals surface area contributed by atoms with E-state index >= 15 is 0 Å². The van der Waals surface area contributed by atoms with Gasteiger partial charge in [-0.25, -0.2) is 0 Å². The van der Waals surface area contributed by atoms with Gasteiger partial charge in [0.2, 0.25) is 0 Å². The zero-order chi connectivity index (χ0) is 13.4. The number of Topliss-reactive ketones (excluding diaryl/α,β-unsaturated/α-hetero) is 1. The molecule has 0 aromatic heterocycles. The van der Waals surface area contributed by atoms with Gasteiger partial charge in [0.15, 0.2) is 5.78 Å². The van der Waals surface area contributed by atoms with E-state index in [1.165, 1.54) is 31.5 Å². The molecular formula is C17H23NO. The molecule has 3 heterocycles. The average Bonchev–Trinajstić information content (AvgIpc) is 2.47. The van der Waals surface area contributed by atoms with Crippen molar-refractivity contribution in [1.29, 1.82) is 0 Å². The van der Waals surface area contributed by atoms with Crippen molar-refractivity contribution >= 4 is 5.78 Å². The van der Waals surface area contributed by atoms with E-state index in [-0.39, 0.29) is 5.92 Å². The van der Waals surface area contributed by atoms with Crippen molar-refractivity contribution in [3.63, 3.8) is 0 Å². The van der Waals surface area contributed by atoms with Gasteiger partial charge < -0.3 is 4.90 Å². The third-order valence-corrected chi connectivity index (χ3v) is 4.85. The van der Waals surface area contributed by atoms with E-state index in [0.717, 1.165) is 12.1 Å². The quantitative estimate of drug-likeness (QED) is 0.774. The van der Waals surface area contributed by atoms with E-state index in [9.17, 15) is 4.79 Å². The Labute approximate surface area is 115 Å². The molecule has 2 heteroatoms. The summed E-state index contributed by atoms with van der Waals surface area (Å²) in [6.45, 7) is 7.74. The summed E-state index contributed by atoms with van der Waals surface area (Å²) in [5.41, 5.74) is 2.22. The Bertz CT molecular complexity index is 455. The zero-order valence-electron chi connectivity index (χ0n) is 11.9. The number of hydrogen-bond acceptors (Lipinski definition) is 2. The molecule has 1 unspecified atom stereocenters. The molecule has 0 radical (unpaired) electrons. The van der Waals surface area contributed by atoms with E-state index in [4.69, 9.17) is 0 Å². The fourth-order valence-electron chi connectivity index (χ4n) is 3.51. The highest BCUT2D eigenvalue weighted by molar-refractivity contribution is 5.98. The normalized spacial score (nSPS) is 29.7. The van der Waals surface area contributed by atoms with E-state index in [0.29, 0.717) is 17.6 Å². The molecule has 2 bridgehead atoms. The lowest BCUT2D eigenvalue weighted by Crippen LogP contribution is -2.50. The Morgan fingerprint density at radius 1 is 1.16 bits per heavy atom. The van der Waals surface area contributed by atoms with Crippen LogP contribution in [-0.4, -0.2) is 30.3 Å². The zero-order valence-corrected chi connectivity index (χ0v) is 11.9. The highest BCUT2D eigenvalue weighted by Gasteiger charge is 2.38. The number of piperidine rings is 3. The SMILES string of the molecule is CC(C)c1ccc(C(=O)C2CN3CCC2CC3)cc1. The van der Waals surface area contributed by atoms with E-state index in [2.05, 4.69) is 30.9 Å². The van der Waals surface area contributed by atoms with Gasteiger partial charge in [0.1, 0.15) is 0 Å². The van der Waals surface area contributed by atoms with Crippen molar-refractivity contribution in [3.05, 3.63) is 35.4 Å². The number of rotatable bonds is 3. The fraction of sp³-hybridized carbons (Fsp3) is 0.588. The van der Waals surface area contributed by atoms with Gasteiger partial charge in [-0.15, -0.1) is 0 Å². The fourth-order valence-corrected chi connectivity index (χ4v) is 3.51. The van der Waals surface area contributed by atoms with Gasteiger partial charge in [0, 0.05) is 18.0 Å². The van der Waals surface area contributed by atoms with Crippen LogP contribution >= 0.6 is 0 Å². The minimum absolute atomic E-state index is 0.243. The second kappa shape index (κ2) is 5.09. The molecular weight excluding hydrogens is 234 g/mol. The van der Waals surface area contributed by atoms with Crippen LogP contribution < -0.4 is 0 Å². The van der Waals surface area contributed by atoms with Gasteiger partial charge in [0.05, 0.1) is 0 Å². The maximum atomic E-state index is 12.6. The number of fused-ring (bicyclic) bond motifs is 3. The molecule has 0 spiro atoms. The van der Waals surface area contributed by atoms with E-state index in [1.807, 2.05) is 12.1 Å². The van der Waals surface area contributed by atoms with Gasteiger partial charge in [0.25, 0.3) is 0 Å². The van der Waals surface area contributed by atoms with Gasteiger partial charge in [-0.2, -0.15) is 0 Å². The first-order valence-electron chi connectivity index (χ1n) is 7.51. The van der Waals surface area contributed by atoms with Crippen LogP contribution in [0.15, 0.2) is 24.3 Å². The summed E-state index contributed by atoms with van der Waals surface area (Å²) in [5, 5.41) is 0. The molecule has 0 aliphatic carbocycles. The largest absolute Gasteiger partial charge is 0.303 e.